The van der Waals surface area contributed by atoms with Gasteiger partial charge in [0.15, 0.2) is 0 Å². The standard InChI is InChI=1S/C14H20N2O/c1-9(2)14(17)16-13-8-11-6-4-3-5-10(11)7-12(13)15/h7-9H,3-6,15H2,1-2H3,(H,16,17). The first-order valence-electron chi connectivity index (χ1n) is 6.30. The van der Waals surface area contributed by atoms with Crippen molar-refractivity contribution in [1.82, 2.24) is 0 Å². The second-order valence-electron chi connectivity index (χ2n) is 5.06. The van der Waals surface area contributed by atoms with E-state index in [2.05, 4.69) is 5.32 Å². The molecule has 0 atom stereocenters. The molecule has 3 heteroatoms. The number of carbonyl (C=O) groups is 1. The molecule has 0 saturated heterocycles. The van der Waals surface area contributed by atoms with Gasteiger partial charge in [-0.15, -0.1) is 0 Å². The third kappa shape index (κ3) is 2.60. The highest BCUT2D eigenvalue weighted by molar-refractivity contribution is 5.95. The Labute approximate surface area is 102 Å². The fourth-order valence-corrected chi connectivity index (χ4v) is 2.19. The summed E-state index contributed by atoms with van der Waals surface area (Å²) < 4.78 is 0. The molecule has 0 unspecified atom stereocenters. The van der Waals surface area contributed by atoms with Gasteiger partial charge in [-0.25, -0.2) is 0 Å². The van der Waals surface area contributed by atoms with Crippen molar-refractivity contribution in [2.75, 3.05) is 11.1 Å². The van der Waals surface area contributed by atoms with Crippen LogP contribution in [0.15, 0.2) is 12.1 Å². The molecule has 0 spiro atoms. The first-order chi connectivity index (χ1) is 8.08. The molecule has 0 heterocycles. The lowest BCUT2D eigenvalue weighted by molar-refractivity contribution is -0.118. The molecule has 1 aliphatic rings. The summed E-state index contributed by atoms with van der Waals surface area (Å²) in [5, 5.41) is 2.90. The van der Waals surface area contributed by atoms with Crippen LogP contribution in [-0.2, 0) is 17.6 Å². The van der Waals surface area contributed by atoms with Gasteiger partial charge in [-0.2, -0.15) is 0 Å². The Morgan fingerprint density at radius 2 is 1.82 bits per heavy atom. The summed E-state index contributed by atoms with van der Waals surface area (Å²) in [5.41, 5.74) is 10.1. The molecule has 1 aliphatic carbocycles. The molecule has 2 rings (SSSR count). The van der Waals surface area contributed by atoms with E-state index in [4.69, 9.17) is 5.73 Å². The van der Waals surface area contributed by atoms with Gasteiger partial charge in [0.2, 0.25) is 5.91 Å². The summed E-state index contributed by atoms with van der Waals surface area (Å²) in [6, 6.07) is 4.06. The van der Waals surface area contributed by atoms with Gasteiger partial charge in [0, 0.05) is 5.92 Å². The zero-order chi connectivity index (χ0) is 12.4. The molecule has 1 aromatic rings. The largest absolute Gasteiger partial charge is 0.397 e. The highest BCUT2D eigenvalue weighted by atomic mass is 16.1. The fraction of sp³-hybridized carbons (Fsp3) is 0.500. The van der Waals surface area contributed by atoms with Gasteiger partial charge >= 0.3 is 0 Å². The lowest BCUT2D eigenvalue weighted by Gasteiger charge is -2.19. The topological polar surface area (TPSA) is 55.1 Å². The van der Waals surface area contributed by atoms with Crippen LogP contribution in [-0.4, -0.2) is 5.91 Å². The normalized spacial score (nSPS) is 14.5. The quantitative estimate of drug-likeness (QED) is 0.770. The van der Waals surface area contributed by atoms with Crippen LogP contribution in [0.5, 0.6) is 0 Å². The molecule has 0 radical (unpaired) electrons. The third-order valence-corrected chi connectivity index (χ3v) is 3.30. The molecule has 3 nitrogen and oxygen atoms in total. The summed E-state index contributed by atoms with van der Waals surface area (Å²) in [6.45, 7) is 3.76. The van der Waals surface area contributed by atoms with Crippen LogP contribution < -0.4 is 11.1 Å². The number of fused-ring (bicyclic) bond motifs is 1. The van der Waals surface area contributed by atoms with Crippen LogP contribution in [0.2, 0.25) is 0 Å². The zero-order valence-corrected chi connectivity index (χ0v) is 10.5. The summed E-state index contributed by atoms with van der Waals surface area (Å²) in [4.78, 5) is 11.7. The molecule has 0 saturated carbocycles. The summed E-state index contributed by atoms with van der Waals surface area (Å²) >= 11 is 0. The van der Waals surface area contributed by atoms with Gasteiger partial charge in [-0.1, -0.05) is 13.8 Å². The molecule has 17 heavy (non-hydrogen) atoms. The van der Waals surface area contributed by atoms with Crippen molar-refractivity contribution >= 4 is 17.3 Å². The number of nitrogens with two attached hydrogens (primary N) is 1. The highest BCUT2D eigenvalue weighted by Gasteiger charge is 2.14. The molecule has 3 N–H and O–H groups in total. The van der Waals surface area contributed by atoms with Crippen molar-refractivity contribution in [2.45, 2.75) is 39.5 Å². The zero-order valence-electron chi connectivity index (χ0n) is 10.5. The lowest BCUT2D eigenvalue weighted by Crippen LogP contribution is -2.19. The fourth-order valence-electron chi connectivity index (χ4n) is 2.19. The van der Waals surface area contributed by atoms with E-state index in [0.29, 0.717) is 5.69 Å². The number of hydrogen-bond donors (Lipinski definition) is 2. The van der Waals surface area contributed by atoms with Crippen LogP contribution in [0.25, 0.3) is 0 Å². The Kier molecular flexibility index (Phi) is 3.36. The van der Waals surface area contributed by atoms with E-state index in [0.717, 1.165) is 18.5 Å². The molecule has 0 bridgehead atoms. The summed E-state index contributed by atoms with van der Waals surface area (Å²) in [6.07, 6.45) is 4.68. The van der Waals surface area contributed by atoms with E-state index < -0.39 is 0 Å². The monoisotopic (exact) mass is 232 g/mol. The minimum Gasteiger partial charge on any atom is -0.397 e. The van der Waals surface area contributed by atoms with Crippen LogP contribution in [0, 0.1) is 5.92 Å². The van der Waals surface area contributed by atoms with Crippen molar-refractivity contribution in [3.8, 4) is 0 Å². The van der Waals surface area contributed by atoms with Crippen LogP contribution >= 0.6 is 0 Å². The minimum atomic E-state index is -0.0227. The summed E-state index contributed by atoms with van der Waals surface area (Å²) in [5.74, 6) is -0.00195. The maximum absolute atomic E-state index is 11.7. The van der Waals surface area contributed by atoms with E-state index in [-0.39, 0.29) is 11.8 Å². The Bertz CT molecular complexity index is 438. The number of hydrogen-bond acceptors (Lipinski definition) is 2. The van der Waals surface area contributed by atoms with Gasteiger partial charge in [-0.3, -0.25) is 4.79 Å². The predicted molar refractivity (Wildman–Crippen MR) is 71.0 cm³/mol. The van der Waals surface area contributed by atoms with E-state index in [1.165, 1.54) is 24.0 Å². The third-order valence-electron chi connectivity index (χ3n) is 3.30. The van der Waals surface area contributed by atoms with Gasteiger partial charge in [-0.05, 0) is 48.9 Å². The van der Waals surface area contributed by atoms with Gasteiger partial charge in [0.1, 0.15) is 0 Å². The van der Waals surface area contributed by atoms with Crippen molar-refractivity contribution in [3.05, 3.63) is 23.3 Å². The van der Waals surface area contributed by atoms with E-state index in [1.54, 1.807) is 0 Å². The average Bonchev–Trinajstić information content (AvgIpc) is 2.29. The Morgan fingerprint density at radius 3 is 2.41 bits per heavy atom. The number of benzene rings is 1. The van der Waals surface area contributed by atoms with E-state index in [1.807, 2.05) is 26.0 Å². The first kappa shape index (κ1) is 12.0. The van der Waals surface area contributed by atoms with Gasteiger partial charge in [0.25, 0.3) is 0 Å². The second kappa shape index (κ2) is 4.78. The smallest absolute Gasteiger partial charge is 0.226 e. The molecule has 92 valence electrons. The molecular weight excluding hydrogens is 212 g/mol. The number of nitrogens with one attached hydrogen (secondary N) is 1. The van der Waals surface area contributed by atoms with E-state index >= 15 is 0 Å². The average molecular weight is 232 g/mol. The number of amides is 1. The van der Waals surface area contributed by atoms with Crippen molar-refractivity contribution in [2.24, 2.45) is 5.92 Å². The van der Waals surface area contributed by atoms with E-state index in [9.17, 15) is 4.79 Å². The first-order valence-corrected chi connectivity index (χ1v) is 6.30. The minimum absolute atomic E-state index is 0.0208. The molecule has 1 amide bonds. The number of nitrogen functional groups attached to an aromatic ring is 1. The molecule has 0 fully saturated rings. The number of aryl methyl sites for hydroxylation is 2. The van der Waals surface area contributed by atoms with Gasteiger partial charge in [0.05, 0.1) is 11.4 Å². The van der Waals surface area contributed by atoms with Crippen LogP contribution in [0.3, 0.4) is 0 Å². The second-order valence-corrected chi connectivity index (χ2v) is 5.06. The Morgan fingerprint density at radius 1 is 1.24 bits per heavy atom. The SMILES string of the molecule is CC(C)C(=O)Nc1cc2c(cc1N)CCCC2. The number of anilines is 2. The molecule has 1 aromatic carbocycles. The lowest BCUT2D eigenvalue weighted by atomic mass is 9.91. The highest BCUT2D eigenvalue weighted by Crippen LogP contribution is 2.29. The van der Waals surface area contributed by atoms with Crippen molar-refractivity contribution < 1.29 is 4.79 Å². The molecular formula is C14H20N2O. The number of carbonyl (C=O) groups excluding carboxylic acids is 1. The van der Waals surface area contributed by atoms with Crippen molar-refractivity contribution in [1.29, 1.82) is 0 Å². The number of rotatable bonds is 2. The van der Waals surface area contributed by atoms with Crippen molar-refractivity contribution in [3.63, 3.8) is 0 Å². The van der Waals surface area contributed by atoms with Crippen LogP contribution in [0.4, 0.5) is 11.4 Å². The predicted octanol–water partition coefficient (Wildman–Crippen LogP) is 2.74. The Hall–Kier alpha value is -1.51. The van der Waals surface area contributed by atoms with Crippen LogP contribution in [0.1, 0.15) is 37.8 Å². The summed E-state index contributed by atoms with van der Waals surface area (Å²) in [7, 11) is 0. The maximum atomic E-state index is 11.7. The molecule has 0 aromatic heterocycles. The van der Waals surface area contributed by atoms with Gasteiger partial charge < -0.3 is 11.1 Å². The molecule has 0 aliphatic heterocycles. The maximum Gasteiger partial charge on any atom is 0.226 e. The Balaban J connectivity index is 2.26.